The standard InChI is InChI=1S/C20H18F2N2O3/c1-3-26-18-11-14(6-9-17(18)27-20(21)22)10-15(12-23)19(25)24-16-7-4-13(2)5-8-16/h4-11,20H,3H2,1-2H3,(H,24,25)/b15-10+. The number of hydrogen-bond acceptors (Lipinski definition) is 4. The molecule has 0 radical (unpaired) electrons. The molecule has 0 aromatic heterocycles. The predicted octanol–water partition coefficient (Wildman–Crippen LogP) is 4.54. The van der Waals surface area contributed by atoms with E-state index in [1.165, 1.54) is 24.3 Å². The van der Waals surface area contributed by atoms with Crippen LogP contribution in [0.3, 0.4) is 0 Å². The Kier molecular flexibility index (Phi) is 6.89. The number of halogens is 2. The Morgan fingerprint density at radius 3 is 2.52 bits per heavy atom. The van der Waals surface area contributed by atoms with Crippen LogP contribution in [0.15, 0.2) is 48.0 Å². The molecule has 1 amide bonds. The molecule has 0 bridgehead atoms. The van der Waals surface area contributed by atoms with Crippen molar-refractivity contribution in [3.8, 4) is 17.6 Å². The molecular formula is C20H18F2N2O3. The van der Waals surface area contributed by atoms with E-state index in [1.54, 1.807) is 19.1 Å². The van der Waals surface area contributed by atoms with E-state index in [-0.39, 0.29) is 23.7 Å². The van der Waals surface area contributed by atoms with Gasteiger partial charge < -0.3 is 14.8 Å². The fourth-order valence-corrected chi connectivity index (χ4v) is 2.23. The second-order valence-corrected chi connectivity index (χ2v) is 5.51. The van der Waals surface area contributed by atoms with E-state index in [4.69, 9.17) is 4.74 Å². The van der Waals surface area contributed by atoms with Gasteiger partial charge in [0.15, 0.2) is 11.5 Å². The molecule has 0 aliphatic carbocycles. The first-order chi connectivity index (χ1) is 12.9. The molecule has 0 fully saturated rings. The molecule has 2 aromatic carbocycles. The summed E-state index contributed by atoms with van der Waals surface area (Å²) >= 11 is 0. The Labute approximate surface area is 155 Å². The first-order valence-electron chi connectivity index (χ1n) is 8.14. The second kappa shape index (κ2) is 9.34. The average Bonchev–Trinajstić information content (AvgIpc) is 2.63. The van der Waals surface area contributed by atoms with Crippen LogP contribution in [0.4, 0.5) is 14.5 Å². The van der Waals surface area contributed by atoms with Crippen LogP contribution in [0.2, 0.25) is 0 Å². The van der Waals surface area contributed by atoms with E-state index in [0.717, 1.165) is 5.56 Å². The maximum atomic E-state index is 12.5. The Bertz CT molecular complexity index is 872. The maximum Gasteiger partial charge on any atom is 0.387 e. The number of carbonyl (C=O) groups is 1. The molecule has 0 saturated carbocycles. The third kappa shape index (κ3) is 5.82. The predicted molar refractivity (Wildman–Crippen MR) is 97.6 cm³/mol. The zero-order chi connectivity index (χ0) is 19.8. The molecule has 0 saturated heterocycles. The molecule has 2 rings (SSSR count). The fourth-order valence-electron chi connectivity index (χ4n) is 2.23. The van der Waals surface area contributed by atoms with Crippen LogP contribution >= 0.6 is 0 Å². The lowest BCUT2D eigenvalue weighted by atomic mass is 10.1. The molecule has 5 nitrogen and oxygen atoms in total. The average molecular weight is 372 g/mol. The van der Waals surface area contributed by atoms with Crippen molar-refractivity contribution in [3.05, 3.63) is 59.2 Å². The number of rotatable bonds is 7. The highest BCUT2D eigenvalue weighted by atomic mass is 19.3. The summed E-state index contributed by atoms with van der Waals surface area (Å²) in [6, 6.07) is 13.1. The van der Waals surface area contributed by atoms with Gasteiger partial charge in [-0.1, -0.05) is 23.8 Å². The number of nitriles is 1. The SMILES string of the molecule is CCOc1cc(/C=C(\C#N)C(=O)Nc2ccc(C)cc2)ccc1OC(F)F. The van der Waals surface area contributed by atoms with Crippen LogP contribution in [-0.4, -0.2) is 19.1 Å². The van der Waals surface area contributed by atoms with Crippen LogP contribution in [0.25, 0.3) is 6.08 Å². The smallest absolute Gasteiger partial charge is 0.387 e. The van der Waals surface area contributed by atoms with Gasteiger partial charge in [0, 0.05) is 5.69 Å². The lowest BCUT2D eigenvalue weighted by Crippen LogP contribution is -2.13. The summed E-state index contributed by atoms with van der Waals surface area (Å²) in [5, 5.41) is 11.9. The van der Waals surface area contributed by atoms with Crippen LogP contribution < -0.4 is 14.8 Å². The molecule has 140 valence electrons. The van der Waals surface area contributed by atoms with Crippen molar-refractivity contribution < 1.29 is 23.0 Å². The highest BCUT2D eigenvalue weighted by Crippen LogP contribution is 2.30. The number of ether oxygens (including phenoxy) is 2. The molecule has 0 unspecified atom stereocenters. The van der Waals surface area contributed by atoms with Crippen molar-refractivity contribution in [3.63, 3.8) is 0 Å². The van der Waals surface area contributed by atoms with E-state index >= 15 is 0 Å². The highest BCUT2D eigenvalue weighted by Gasteiger charge is 2.13. The van der Waals surface area contributed by atoms with Gasteiger partial charge in [-0.2, -0.15) is 14.0 Å². The number of nitrogens with zero attached hydrogens (tertiary/aromatic N) is 1. The third-order valence-electron chi connectivity index (χ3n) is 3.47. The molecule has 0 aliphatic heterocycles. The first kappa shape index (κ1) is 19.9. The van der Waals surface area contributed by atoms with Gasteiger partial charge >= 0.3 is 6.61 Å². The quantitative estimate of drug-likeness (QED) is 0.572. The van der Waals surface area contributed by atoms with Crippen LogP contribution in [0.5, 0.6) is 11.5 Å². The topological polar surface area (TPSA) is 71.3 Å². The van der Waals surface area contributed by atoms with Gasteiger partial charge in [-0.25, -0.2) is 0 Å². The minimum absolute atomic E-state index is 0.0998. The summed E-state index contributed by atoms with van der Waals surface area (Å²) < 4.78 is 34.6. The van der Waals surface area contributed by atoms with Crippen LogP contribution in [-0.2, 0) is 4.79 Å². The van der Waals surface area contributed by atoms with E-state index in [9.17, 15) is 18.8 Å². The van der Waals surface area contributed by atoms with E-state index < -0.39 is 12.5 Å². The molecule has 0 heterocycles. The lowest BCUT2D eigenvalue weighted by Gasteiger charge is -2.12. The van der Waals surface area contributed by atoms with Gasteiger partial charge in [-0.15, -0.1) is 0 Å². The van der Waals surface area contributed by atoms with Crippen LogP contribution in [0, 0.1) is 18.3 Å². The Balaban J connectivity index is 2.25. The van der Waals surface area contributed by atoms with Crippen LogP contribution in [0.1, 0.15) is 18.1 Å². The van der Waals surface area contributed by atoms with Gasteiger partial charge in [0.1, 0.15) is 11.6 Å². The van der Waals surface area contributed by atoms with Crippen molar-refractivity contribution >= 4 is 17.7 Å². The Morgan fingerprint density at radius 2 is 1.93 bits per heavy atom. The number of amides is 1. The molecule has 2 aromatic rings. The normalized spacial score (nSPS) is 11.0. The number of benzene rings is 2. The number of anilines is 1. The van der Waals surface area contributed by atoms with Crippen molar-refractivity contribution in [2.45, 2.75) is 20.5 Å². The lowest BCUT2D eigenvalue weighted by molar-refractivity contribution is -0.112. The molecule has 0 aliphatic rings. The van der Waals surface area contributed by atoms with Gasteiger partial charge in [-0.3, -0.25) is 4.79 Å². The summed E-state index contributed by atoms with van der Waals surface area (Å²) in [4.78, 5) is 12.3. The summed E-state index contributed by atoms with van der Waals surface area (Å²) in [6.07, 6.45) is 1.35. The minimum atomic E-state index is -2.99. The van der Waals surface area contributed by atoms with E-state index in [0.29, 0.717) is 11.3 Å². The van der Waals surface area contributed by atoms with Gasteiger partial charge in [0.2, 0.25) is 0 Å². The summed E-state index contributed by atoms with van der Waals surface area (Å²) in [5.41, 5.74) is 1.90. The number of carbonyl (C=O) groups excluding carboxylic acids is 1. The zero-order valence-corrected chi connectivity index (χ0v) is 14.8. The first-order valence-corrected chi connectivity index (χ1v) is 8.14. The third-order valence-corrected chi connectivity index (χ3v) is 3.47. The van der Waals surface area contributed by atoms with E-state index in [2.05, 4.69) is 10.1 Å². The largest absolute Gasteiger partial charge is 0.490 e. The molecular weight excluding hydrogens is 354 g/mol. The van der Waals surface area contributed by atoms with Gasteiger partial charge in [-0.05, 0) is 49.8 Å². The van der Waals surface area contributed by atoms with Gasteiger partial charge in [0.25, 0.3) is 5.91 Å². The number of alkyl halides is 2. The summed E-state index contributed by atoms with van der Waals surface area (Å²) in [5.74, 6) is -0.596. The Morgan fingerprint density at radius 1 is 1.22 bits per heavy atom. The fraction of sp³-hybridized carbons (Fsp3) is 0.200. The number of aryl methyl sites for hydroxylation is 1. The monoisotopic (exact) mass is 372 g/mol. The summed E-state index contributed by atoms with van der Waals surface area (Å²) in [7, 11) is 0. The molecule has 7 heteroatoms. The highest BCUT2D eigenvalue weighted by molar-refractivity contribution is 6.09. The van der Waals surface area contributed by atoms with Crippen molar-refractivity contribution in [2.75, 3.05) is 11.9 Å². The van der Waals surface area contributed by atoms with Crippen molar-refractivity contribution in [1.29, 1.82) is 5.26 Å². The zero-order valence-electron chi connectivity index (χ0n) is 14.8. The van der Waals surface area contributed by atoms with E-state index in [1.807, 2.05) is 25.1 Å². The van der Waals surface area contributed by atoms with Crippen molar-refractivity contribution in [1.82, 2.24) is 0 Å². The van der Waals surface area contributed by atoms with Crippen molar-refractivity contribution in [2.24, 2.45) is 0 Å². The maximum absolute atomic E-state index is 12.5. The molecule has 0 spiro atoms. The molecule has 0 atom stereocenters. The molecule has 1 N–H and O–H groups in total. The number of nitrogens with one attached hydrogen (secondary N) is 1. The second-order valence-electron chi connectivity index (χ2n) is 5.51. The Hall–Kier alpha value is -3.40. The van der Waals surface area contributed by atoms with Gasteiger partial charge in [0.05, 0.1) is 6.61 Å². The number of hydrogen-bond donors (Lipinski definition) is 1. The summed E-state index contributed by atoms with van der Waals surface area (Å²) in [6.45, 7) is 0.875. The minimum Gasteiger partial charge on any atom is -0.490 e. The molecule has 27 heavy (non-hydrogen) atoms.